The Kier molecular flexibility index (Phi) is 3.87. The van der Waals surface area contributed by atoms with Crippen LogP contribution in [0.5, 0.6) is 0 Å². The summed E-state index contributed by atoms with van der Waals surface area (Å²) in [5, 5.41) is 0. The van der Waals surface area contributed by atoms with E-state index < -0.39 is 0 Å². The fourth-order valence-electron chi connectivity index (χ4n) is 1.67. The van der Waals surface area contributed by atoms with Crippen LogP contribution in [-0.2, 0) is 17.6 Å². The lowest BCUT2D eigenvalue weighted by molar-refractivity contribution is 0.546. The first-order valence-corrected chi connectivity index (χ1v) is 5.22. The monoisotopic (exact) mass is 189 g/mol. The molecule has 1 unspecified atom stereocenters. The Hall–Kier alpha value is -1.11. The zero-order valence-electron chi connectivity index (χ0n) is 9.13. The van der Waals surface area contributed by atoms with E-state index in [0.717, 1.165) is 18.4 Å². The van der Waals surface area contributed by atoms with Gasteiger partial charge >= 0.3 is 0 Å². The topological polar surface area (TPSA) is 17.1 Å². The Labute approximate surface area is 86.1 Å². The minimum atomic E-state index is -0.101. The van der Waals surface area contributed by atoms with Crippen molar-refractivity contribution in [2.24, 2.45) is 0 Å². The fourth-order valence-corrected chi connectivity index (χ4v) is 1.67. The molecule has 0 bridgehead atoms. The molecular weight excluding hydrogens is 172 g/mol. The van der Waals surface area contributed by atoms with Gasteiger partial charge in [-0.15, -0.1) is 0 Å². The molecule has 0 aliphatic carbocycles. The number of aryl methyl sites for hydroxylation is 2. The van der Waals surface area contributed by atoms with Crippen molar-refractivity contribution in [1.29, 1.82) is 0 Å². The molecule has 0 fully saturated rings. The smallest absolute Gasteiger partial charge is 0.206 e. The van der Waals surface area contributed by atoms with Crippen LogP contribution in [0.3, 0.4) is 0 Å². The maximum absolute atomic E-state index is 10.6. The highest BCUT2D eigenvalue weighted by atomic mass is 16.1. The van der Waals surface area contributed by atoms with Gasteiger partial charge < -0.3 is 0 Å². The van der Waals surface area contributed by atoms with Crippen molar-refractivity contribution in [3.8, 4) is 0 Å². The van der Waals surface area contributed by atoms with Gasteiger partial charge in [-0.1, -0.05) is 39.0 Å². The summed E-state index contributed by atoms with van der Waals surface area (Å²) in [5.74, 6) is -0.101. The molecule has 0 spiro atoms. The lowest BCUT2D eigenvalue weighted by Crippen LogP contribution is -2.00. The summed E-state index contributed by atoms with van der Waals surface area (Å²) in [7, 11) is 0. The molecule has 1 heteroatoms. The van der Waals surface area contributed by atoms with Crippen molar-refractivity contribution < 1.29 is 4.79 Å². The first kappa shape index (κ1) is 11.0. The van der Waals surface area contributed by atoms with Crippen LogP contribution in [-0.4, -0.2) is 6.29 Å². The van der Waals surface area contributed by atoms with Crippen molar-refractivity contribution in [2.45, 2.75) is 39.5 Å². The second-order valence-corrected chi connectivity index (χ2v) is 3.58. The predicted octanol–water partition coefficient (Wildman–Crippen LogP) is 3.02. The third-order valence-electron chi connectivity index (χ3n) is 2.64. The predicted molar refractivity (Wildman–Crippen MR) is 59.3 cm³/mol. The molecule has 1 radical (unpaired) electrons. The molecule has 0 saturated heterocycles. The van der Waals surface area contributed by atoms with Gasteiger partial charge in [0.25, 0.3) is 0 Å². The minimum Gasteiger partial charge on any atom is -0.290 e. The summed E-state index contributed by atoms with van der Waals surface area (Å²) in [6.07, 6.45) is 4.07. The number of hydrogen-bond acceptors (Lipinski definition) is 1. The van der Waals surface area contributed by atoms with Gasteiger partial charge in [-0.25, -0.2) is 0 Å². The molecule has 14 heavy (non-hydrogen) atoms. The summed E-state index contributed by atoms with van der Waals surface area (Å²) >= 11 is 0. The third kappa shape index (κ3) is 2.22. The molecule has 0 aromatic heterocycles. The largest absolute Gasteiger partial charge is 0.290 e. The molecular formula is C13H17O. The summed E-state index contributed by atoms with van der Waals surface area (Å²) < 4.78 is 0. The molecule has 1 nitrogen and oxygen atoms in total. The van der Waals surface area contributed by atoms with Crippen LogP contribution in [0.4, 0.5) is 0 Å². The summed E-state index contributed by atoms with van der Waals surface area (Å²) in [6.45, 7) is 6.16. The molecule has 0 amide bonds. The van der Waals surface area contributed by atoms with Crippen molar-refractivity contribution in [3.05, 3.63) is 34.9 Å². The average Bonchev–Trinajstić information content (AvgIpc) is 2.27. The van der Waals surface area contributed by atoms with Gasteiger partial charge in [0.15, 0.2) is 0 Å². The molecule has 0 saturated carbocycles. The Bertz CT molecular complexity index is 315. The SMILES string of the molecule is CCc1ccc(C(C)[C]=O)c(CC)c1. The highest BCUT2D eigenvalue weighted by molar-refractivity contribution is 5.63. The van der Waals surface area contributed by atoms with Gasteiger partial charge in [0.1, 0.15) is 0 Å². The average molecular weight is 189 g/mol. The van der Waals surface area contributed by atoms with E-state index in [1.165, 1.54) is 11.1 Å². The number of carbonyl (C=O) groups excluding carboxylic acids is 1. The van der Waals surface area contributed by atoms with E-state index in [9.17, 15) is 4.79 Å². The highest BCUT2D eigenvalue weighted by Gasteiger charge is 2.09. The van der Waals surface area contributed by atoms with E-state index >= 15 is 0 Å². The first-order chi connectivity index (χ1) is 6.72. The van der Waals surface area contributed by atoms with E-state index in [1.807, 2.05) is 13.2 Å². The molecule has 75 valence electrons. The quantitative estimate of drug-likeness (QED) is 0.711. The Morgan fingerprint density at radius 3 is 2.50 bits per heavy atom. The van der Waals surface area contributed by atoms with Gasteiger partial charge in [0, 0.05) is 5.92 Å². The van der Waals surface area contributed by atoms with Gasteiger partial charge in [0.05, 0.1) is 0 Å². The van der Waals surface area contributed by atoms with Gasteiger partial charge in [-0.3, -0.25) is 4.79 Å². The molecule has 1 aromatic rings. The zero-order valence-corrected chi connectivity index (χ0v) is 9.13. The summed E-state index contributed by atoms with van der Waals surface area (Å²) in [6, 6.07) is 6.36. The van der Waals surface area contributed by atoms with Gasteiger partial charge in [-0.05, 0) is 29.5 Å². The van der Waals surface area contributed by atoms with Crippen LogP contribution < -0.4 is 0 Å². The van der Waals surface area contributed by atoms with E-state index in [2.05, 4.69) is 32.0 Å². The van der Waals surface area contributed by atoms with Crippen molar-refractivity contribution in [2.75, 3.05) is 0 Å². The van der Waals surface area contributed by atoms with Crippen LogP contribution in [0.2, 0.25) is 0 Å². The molecule has 1 rings (SSSR count). The number of benzene rings is 1. The number of rotatable bonds is 4. The van der Waals surface area contributed by atoms with Crippen LogP contribution in [0.1, 0.15) is 43.4 Å². The first-order valence-electron chi connectivity index (χ1n) is 5.22. The fraction of sp³-hybridized carbons (Fsp3) is 0.462. The Morgan fingerprint density at radius 1 is 1.29 bits per heavy atom. The lowest BCUT2D eigenvalue weighted by Gasteiger charge is -2.11. The van der Waals surface area contributed by atoms with E-state index in [-0.39, 0.29) is 5.92 Å². The maximum Gasteiger partial charge on any atom is 0.206 e. The Balaban J connectivity index is 3.10. The molecule has 1 aromatic carbocycles. The summed E-state index contributed by atoms with van der Waals surface area (Å²) in [4.78, 5) is 10.6. The zero-order chi connectivity index (χ0) is 10.6. The third-order valence-corrected chi connectivity index (χ3v) is 2.64. The van der Waals surface area contributed by atoms with Gasteiger partial charge in [-0.2, -0.15) is 0 Å². The van der Waals surface area contributed by atoms with Crippen LogP contribution in [0.15, 0.2) is 18.2 Å². The number of hydrogen-bond donors (Lipinski definition) is 0. The highest BCUT2D eigenvalue weighted by Crippen LogP contribution is 2.20. The van der Waals surface area contributed by atoms with E-state index in [4.69, 9.17) is 0 Å². The van der Waals surface area contributed by atoms with E-state index in [0.29, 0.717) is 0 Å². The van der Waals surface area contributed by atoms with Crippen molar-refractivity contribution in [1.82, 2.24) is 0 Å². The normalized spacial score (nSPS) is 12.5. The second-order valence-electron chi connectivity index (χ2n) is 3.58. The molecule has 0 heterocycles. The standard InChI is InChI=1S/C13H17O/c1-4-11-6-7-13(10(3)9-14)12(5-2)8-11/h6-8,10H,4-5H2,1-3H3. The lowest BCUT2D eigenvalue weighted by atomic mass is 9.93. The van der Waals surface area contributed by atoms with Crippen LogP contribution in [0.25, 0.3) is 0 Å². The van der Waals surface area contributed by atoms with Gasteiger partial charge in [0.2, 0.25) is 6.29 Å². The Morgan fingerprint density at radius 2 is 2.00 bits per heavy atom. The summed E-state index contributed by atoms with van der Waals surface area (Å²) in [5.41, 5.74) is 3.74. The molecule has 1 atom stereocenters. The molecule has 0 aliphatic heterocycles. The van der Waals surface area contributed by atoms with Crippen LogP contribution >= 0.6 is 0 Å². The van der Waals surface area contributed by atoms with Crippen molar-refractivity contribution >= 4 is 6.29 Å². The maximum atomic E-state index is 10.6. The second kappa shape index (κ2) is 4.94. The minimum absolute atomic E-state index is 0.101. The molecule has 0 aliphatic rings. The van der Waals surface area contributed by atoms with Crippen LogP contribution in [0, 0.1) is 0 Å². The van der Waals surface area contributed by atoms with Crippen molar-refractivity contribution in [3.63, 3.8) is 0 Å². The molecule has 0 N–H and O–H groups in total. The van der Waals surface area contributed by atoms with E-state index in [1.54, 1.807) is 0 Å².